The second kappa shape index (κ2) is 23.3. The monoisotopic (exact) mass is 665 g/mol. The number of rotatable bonds is 27. The maximum atomic E-state index is 12.7. The highest BCUT2D eigenvalue weighted by atomic mass is 32.2. The number of nitrogens with zero attached hydrogens (tertiary/aromatic N) is 1. The Bertz CT molecular complexity index is 1020. The van der Waals surface area contributed by atoms with Gasteiger partial charge in [0.1, 0.15) is 0 Å². The van der Waals surface area contributed by atoms with Crippen molar-refractivity contribution in [2.24, 2.45) is 5.92 Å². The molecule has 258 valence electrons. The summed E-state index contributed by atoms with van der Waals surface area (Å²) in [6, 6.07) is 6.79. The zero-order valence-electron chi connectivity index (χ0n) is 28.5. The average Bonchev–Trinajstić information content (AvgIpc) is 3.67. The van der Waals surface area contributed by atoms with Gasteiger partial charge in [-0.15, -0.1) is 0 Å². The lowest BCUT2D eigenvalue weighted by atomic mass is 9.97. The third-order valence-electron chi connectivity index (χ3n) is 9.13. The molecule has 0 aromatic heterocycles. The van der Waals surface area contributed by atoms with Gasteiger partial charge in [0.15, 0.2) is 0 Å². The largest absolute Gasteiger partial charge is 0.379 e. The van der Waals surface area contributed by atoms with Gasteiger partial charge in [0, 0.05) is 26.0 Å². The summed E-state index contributed by atoms with van der Waals surface area (Å²) >= 11 is 1.39. The van der Waals surface area contributed by atoms with E-state index in [-0.39, 0.29) is 11.0 Å². The Balaban J connectivity index is 1.09. The maximum absolute atomic E-state index is 12.7. The van der Waals surface area contributed by atoms with E-state index >= 15 is 0 Å². The fraction of sp³-hybridized carbons (Fsp3) is 0.784. The summed E-state index contributed by atoms with van der Waals surface area (Å²) in [4.78, 5) is 2.18. The molecule has 3 unspecified atom stereocenters. The molecular weight excluding hydrogens is 603 g/mol. The summed E-state index contributed by atoms with van der Waals surface area (Å²) in [5.74, 6) is 0.725. The first kappa shape index (κ1) is 38.4. The molecule has 8 heteroatoms. The number of aryl methyl sites for hydroxylation is 1. The zero-order chi connectivity index (χ0) is 32.0. The van der Waals surface area contributed by atoms with Gasteiger partial charge < -0.3 is 14.4 Å². The Morgan fingerprint density at radius 2 is 1.42 bits per heavy atom. The van der Waals surface area contributed by atoms with Gasteiger partial charge in [-0.1, -0.05) is 139 Å². The molecule has 2 aliphatic rings. The van der Waals surface area contributed by atoms with E-state index in [0.29, 0.717) is 0 Å². The first-order chi connectivity index (χ1) is 22.0. The van der Waals surface area contributed by atoms with Crippen LogP contribution in [0.15, 0.2) is 40.8 Å². The van der Waals surface area contributed by atoms with Gasteiger partial charge in [-0.2, -0.15) is 8.42 Å². The molecule has 0 aliphatic carbocycles. The van der Waals surface area contributed by atoms with Gasteiger partial charge in [0.05, 0.1) is 17.6 Å². The van der Waals surface area contributed by atoms with Crippen LogP contribution < -0.4 is 0 Å². The molecule has 3 atom stereocenters. The van der Waals surface area contributed by atoms with E-state index in [4.69, 9.17) is 13.7 Å². The van der Waals surface area contributed by atoms with Crippen molar-refractivity contribution in [2.45, 2.75) is 159 Å². The fourth-order valence-electron chi connectivity index (χ4n) is 6.25. The molecule has 6 nitrogen and oxygen atoms in total. The van der Waals surface area contributed by atoms with Crippen molar-refractivity contribution in [3.8, 4) is 0 Å². The van der Waals surface area contributed by atoms with Crippen LogP contribution in [0.25, 0.3) is 0 Å². The van der Waals surface area contributed by atoms with Crippen molar-refractivity contribution < 1.29 is 22.1 Å². The number of benzene rings is 1. The first-order valence-corrected chi connectivity index (χ1v) is 20.6. The van der Waals surface area contributed by atoms with Crippen molar-refractivity contribution in [3.63, 3.8) is 0 Å². The van der Waals surface area contributed by atoms with Gasteiger partial charge in [-0.3, -0.25) is 0 Å². The lowest BCUT2D eigenvalue weighted by molar-refractivity contribution is 0.0153. The highest BCUT2D eigenvalue weighted by Crippen LogP contribution is 2.30. The molecule has 1 aromatic carbocycles. The van der Waals surface area contributed by atoms with E-state index in [1.165, 1.54) is 108 Å². The van der Waals surface area contributed by atoms with Crippen LogP contribution >= 0.6 is 11.8 Å². The van der Waals surface area contributed by atoms with Crippen molar-refractivity contribution in [2.75, 3.05) is 26.4 Å². The Hall–Kier alpha value is -1.06. The topological polar surface area (TPSA) is 65.1 Å². The van der Waals surface area contributed by atoms with E-state index in [2.05, 4.69) is 6.92 Å². The Morgan fingerprint density at radius 3 is 2.09 bits per heavy atom. The number of hydrogen-bond donors (Lipinski definition) is 0. The fourth-order valence-corrected chi connectivity index (χ4v) is 8.34. The van der Waals surface area contributed by atoms with Gasteiger partial charge in [-0.05, 0) is 56.1 Å². The van der Waals surface area contributed by atoms with Crippen LogP contribution in [0.4, 0.5) is 0 Å². The lowest BCUT2D eigenvalue weighted by Crippen LogP contribution is -2.30. The van der Waals surface area contributed by atoms with Crippen LogP contribution in [-0.2, 0) is 23.8 Å². The Kier molecular flexibility index (Phi) is 19.9. The quantitative estimate of drug-likeness (QED) is 0.0684. The minimum atomic E-state index is -3.79. The SMILES string of the molecule is CCCCCCCCCCCCCCCC1COC(COCCCCCCCN2C=CSC2OS(=O)(=O)c2ccc(C)cc2)C1. The highest BCUT2D eigenvalue weighted by molar-refractivity contribution is 8.03. The van der Waals surface area contributed by atoms with Gasteiger partial charge in [0.2, 0.25) is 5.56 Å². The third-order valence-corrected chi connectivity index (χ3v) is 11.4. The van der Waals surface area contributed by atoms with Crippen LogP contribution in [0.2, 0.25) is 0 Å². The predicted octanol–water partition coefficient (Wildman–Crippen LogP) is 10.4. The van der Waals surface area contributed by atoms with Crippen LogP contribution in [0, 0.1) is 12.8 Å². The molecule has 2 aliphatic heterocycles. The van der Waals surface area contributed by atoms with Gasteiger partial charge in [-0.25, -0.2) is 4.18 Å². The summed E-state index contributed by atoms with van der Waals surface area (Å²) in [5.41, 5.74) is 0.488. The van der Waals surface area contributed by atoms with Crippen molar-refractivity contribution in [3.05, 3.63) is 41.4 Å². The van der Waals surface area contributed by atoms with E-state index in [9.17, 15) is 8.42 Å². The second-order valence-electron chi connectivity index (χ2n) is 13.3. The van der Waals surface area contributed by atoms with E-state index < -0.39 is 15.7 Å². The summed E-state index contributed by atoms with van der Waals surface area (Å²) in [6.07, 6.45) is 28.6. The van der Waals surface area contributed by atoms with Crippen LogP contribution in [0.5, 0.6) is 0 Å². The minimum absolute atomic E-state index is 0.201. The molecule has 1 saturated heterocycles. The molecular formula is C37H63NO5S2. The zero-order valence-corrected chi connectivity index (χ0v) is 30.1. The van der Waals surface area contributed by atoms with E-state index in [0.717, 1.165) is 70.0 Å². The second-order valence-corrected chi connectivity index (χ2v) is 15.8. The molecule has 3 rings (SSSR count). The Morgan fingerprint density at radius 1 is 0.822 bits per heavy atom. The van der Waals surface area contributed by atoms with E-state index in [1.807, 2.05) is 23.4 Å². The number of ether oxygens (including phenoxy) is 2. The van der Waals surface area contributed by atoms with Gasteiger partial charge in [0.25, 0.3) is 10.1 Å². The highest BCUT2D eigenvalue weighted by Gasteiger charge is 2.28. The predicted molar refractivity (Wildman–Crippen MR) is 189 cm³/mol. The normalized spacial score (nSPS) is 20.0. The summed E-state index contributed by atoms with van der Waals surface area (Å²) in [5, 5.41) is 1.91. The van der Waals surface area contributed by atoms with Gasteiger partial charge >= 0.3 is 0 Å². The van der Waals surface area contributed by atoms with Crippen molar-refractivity contribution in [1.82, 2.24) is 4.90 Å². The third kappa shape index (κ3) is 16.6. The van der Waals surface area contributed by atoms with Crippen molar-refractivity contribution >= 4 is 21.9 Å². The number of unbranched alkanes of at least 4 members (excludes halogenated alkanes) is 16. The first-order valence-electron chi connectivity index (χ1n) is 18.2. The molecule has 0 amide bonds. The smallest absolute Gasteiger partial charge is 0.299 e. The van der Waals surface area contributed by atoms with Crippen molar-refractivity contribution in [1.29, 1.82) is 0 Å². The maximum Gasteiger partial charge on any atom is 0.299 e. The summed E-state index contributed by atoms with van der Waals surface area (Å²) in [6.45, 7) is 7.47. The summed E-state index contributed by atoms with van der Waals surface area (Å²) < 4.78 is 42.9. The average molecular weight is 666 g/mol. The molecule has 45 heavy (non-hydrogen) atoms. The molecule has 0 spiro atoms. The van der Waals surface area contributed by atoms with E-state index in [1.54, 1.807) is 24.3 Å². The standard InChI is InChI=1S/C37H63NO5S2/c1-3-4-5-6-7-8-9-10-11-12-13-15-18-21-34-30-35(42-31-34)32-41-28-20-17-14-16-19-26-38-27-29-44-37(38)43-45(39,40)36-24-22-33(2)23-25-36/h22-25,27,29,34-35,37H,3-21,26,28,30-32H2,1-2H3. The number of hydrogen-bond acceptors (Lipinski definition) is 7. The molecule has 1 fully saturated rings. The lowest BCUT2D eigenvalue weighted by Gasteiger charge is -2.24. The molecule has 0 saturated carbocycles. The molecule has 2 heterocycles. The molecule has 0 radical (unpaired) electrons. The van der Waals surface area contributed by atoms with Crippen LogP contribution in [0.1, 0.15) is 141 Å². The summed E-state index contributed by atoms with van der Waals surface area (Å²) in [7, 11) is -3.79. The molecule has 0 bridgehead atoms. The molecule has 1 aromatic rings. The van der Waals surface area contributed by atoms with Crippen LogP contribution in [0.3, 0.4) is 0 Å². The minimum Gasteiger partial charge on any atom is -0.379 e. The number of thioether (sulfide) groups is 1. The molecule has 0 N–H and O–H groups in total. The van der Waals surface area contributed by atoms with Crippen LogP contribution in [-0.4, -0.2) is 51.3 Å². The Labute approximate surface area is 280 Å².